The molecule has 1 N–H and O–H groups in total. The van der Waals surface area contributed by atoms with Crippen LogP contribution in [0.15, 0.2) is 9.59 Å². The van der Waals surface area contributed by atoms with Crippen molar-refractivity contribution in [2.45, 2.75) is 38.6 Å². The summed E-state index contributed by atoms with van der Waals surface area (Å²) >= 11 is 0. The summed E-state index contributed by atoms with van der Waals surface area (Å²) in [5.41, 5.74) is -1.05. The van der Waals surface area contributed by atoms with Crippen LogP contribution in [-0.4, -0.2) is 58.7 Å². The number of nitrogens with one attached hydrogen (secondary N) is 1. The van der Waals surface area contributed by atoms with Gasteiger partial charge >= 0.3 is 5.69 Å². The Hall–Kier alpha value is -2.60. The first-order valence-electron chi connectivity index (χ1n) is 10.3. The first-order valence-corrected chi connectivity index (χ1v) is 10.3. The minimum Gasteiger partial charge on any atom is -0.354 e. The van der Waals surface area contributed by atoms with E-state index in [0.29, 0.717) is 44.5 Å². The topological polar surface area (TPSA) is 103 Å². The lowest BCUT2D eigenvalue weighted by Crippen LogP contribution is -2.52. The van der Waals surface area contributed by atoms with Gasteiger partial charge in [-0.2, -0.15) is 5.26 Å². The van der Waals surface area contributed by atoms with Crippen LogP contribution in [0.3, 0.4) is 0 Å². The molecule has 1 aromatic rings. The molecule has 158 valence electrons. The summed E-state index contributed by atoms with van der Waals surface area (Å²) in [5, 5.41) is 12.6. The SMILES string of the molecule is CC1CCCC(NC(=O)CN2CCN(c3c(C#N)c(=O)n(C)c(=O)n3C)CC2)C1. The molecule has 3 rings (SSSR count). The highest BCUT2D eigenvalue weighted by Gasteiger charge is 2.26. The number of carbonyl (C=O) groups is 1. The lowest BCUT2D eigenvalue weighted by Gasteiger charge is -2.37. The van der Waals surface area contributed by atoms with E-state index in [4.69, 9.17) is 0 Å². The Kier molecular flexibility index (Phi) is 6.42. The van der Waals surface area contributed by atoms with Crippen LogP contribution >= 0.6 is 0 Å². The van der Waals surface area contributed by atoms with E-state index in [0.717, 1.165) is 17.4 Å². The van der Waals surface area contributed by atoms with Gasteiger partial charge in [0.1, 0.15) is 11.9 Å². The van der Waals surface area contributed by atoms with Crippen LogP contribution in [0.5, 0.6) is 0 Å². The molecule has 0 bridgehead atoms. The number of anilines is 1. The average Bonchev–Trinajstić information content (AvgIpc) is 2.69. The van der Waals surface area contributed by atoms with E-state index in [2.05, 4.69) is 17.1 Å². The molecule has 1 saturated heterocycles. The van der Waals surface area contributed by atoms with E-state index < -0.39 is 11.2 Å². The second kappa shape index (κ2) is 8.82. The van der Waals surface area contributed by atoms with Gasteiger partial charge in [-0.15, -0.1) is 0 Å². The second-order valence-electron chi connectivity index (χ2n) is 8.32. The lowest BCUT2D eigenvalue weighted by molar-refractivity contribution is -0.123. The standard InChI is InChI=1S/C20H30N6O3/c1-14-5-4-6-15(11-14)22-17(27)13-25-7-9-26(10-8-25)18-16(12-21)19(28)24(3)20(29)23(18)2/h14-15H,4-11,13H2,1-3H3,(H,22,27). The molecule has 9 heteroatoms. The van der Waals surface area contributed by atoms with Crippen LogP contribution in [0.25, 0.3) is 0 Å². The smallest absolute Gasteiger partial charge is 0.332 e. The molecule has 0 aromatic carbocycles. The molecular formula is C20H30N6O3. The number of carbonyl (C=O) groups excluding carboxylic acids is 1. The van der Waals surface area contributed by atoms with Crippen LogP contribution in [0.1, 0.15) is 38.2 Å². The maximum absolute atomic E-state index is 12.4. The van der Waals surface area contributed by atoms with Gasteiger partial charge in [-0.3, -0.25) is 23.6 Å². The van der Waals surface area contributed by atoms with E-state index >= 15 is 0 Å². The van der Waals surface area contributed by atoms with Gasteiger partial charge in [0.25, 0.3) is 5.56 Å². The molecule has 2 fully saturated rings. The summed E-state index contributed by atoms with van der Waals surface area (Å²) in [6.45, 7) is 4.92. The fourth-order valence-corrected chi connectivity index (χ4v) is 4.46. The Morgan fingerprint density at radius 1 is 1.14 bits per heavy atom. The minimum atomic E-state index is -0.575. The lowest BCUT2D eigenvalue weighted by atomic mass is 9.87. The molecule has 1 aromatic heterocycles. The van der Waals surface area contributed by atoms with Crippen molar-refractivity contribution in [3.05, 3.63) is 26.4 Å². The molecule has 2 unspecified atom stereocenters. The van der Waals surface area contributed by atoms with Crippen molar-refractivity contribution in [2.24, 2.45) is 20.0 Å². The Morgan fingerprint density at radius 2 is 1.83 bits per heavy atom. The molecule has 2 heterocycles. The Balaban J connectivity index is 1.61. The van der Waals surface area contributed by atoms with Crippen LogP contribution < -0.4 is 21.5 Å². The molecule has 29 heavy (non-hydrogen) atoms. The summed E-state index contributed by atoms with van der Waals surface area (Å²) in [7, 11) is 2.95. The van der Waals surface area contributed by atoms with E-state index in [1.807, 2.05) is 11.0 Å². The van der Waals surface area contributed by atoms with Crippen molar-refractivity contribution in [1.82, 2.24) is 19.4 Å². The summed E-state index contributed by atoms with van der Waals surface area (Å²) in [6.07, 6.45) is 4.51. The largest absolute Gasteiger partial charge is 0.354 e. The van der Waals surface area contributed by atoms with Crippen LogP contribution in [-0.2, 0) is 18.9 Å². The van der Waals surface area contributed by atoms with E-state index in [-0.39, 0.29) is 17.5 Å². The number of nitrogens with zero attached hydrogens (tertiary/aromatic N) is 5. The van der Waals surface area contributed by atoms with Crippen LogP contribution in [0.4, 0.5) is 5.82 Å². The molecular weight excluding hydrogens is 372 g/mol. The highest BCUT2D eigenvalue weighted by Crippen LogP contribution is 2.23. The predicted molar refractivity (Wildman–Crippen MR) is 110 cm³/mol. The Labute approximate surface area is 170 Å². The molecule has 2 aliphatic rings. The van der Waals surface area contributed by atoms with Gasteiger partial charge in [0.15, 0.2) is 5.56 Å². The van der Waals surface area contributed by atoms with Gasteiger partial charge in [-0.1, -0.05) is 19.8 Å². The Bertz CT molecular complexity index is 920. The summed E-state index contributed by atoms with van der Waals surface area (Å²) in [4.78, 5) is 40.9. The summed E-state index contributed by atoms with van der Waals surface area (Å²) < 4.78 is 2.31. The highest BCUT2D eigenvalue weighted by molar-refractivity contribution is 5.78. The number of hydrogen-bond acceptors (Lipinski definition) is 6. The van der Waals surface area contributed by atoms with Gasteiger partial charge < -0.3 is 10.2 Å². The van der Waals surface area contributed by atoms with Crippen molar-refractivity contribution in [1.29, 1.82) is 5.26 Å². The second-order valence-corrected chi connectivity index (χ2v) is 8.32. The van der Waals surface area contributed by atoms with E-state index in [9.17, 15) is 19.6 Å². The zero-order chi connectivity index (χ0) is 21.1. The molecule has 2 atom stereocenters. The van der Waals surface area contributed by atoms with Gasteiger partial charge in [-0.05, 0) is 18.8 Å². The molecule has 0 spiro atoms. The maximum atomic E-state index is 12.4. The first kappa shape index (κ1) is 21.1. The van der Waals surface area contributed by atoms with Crippen molar-refractivity contribution in [3.63, 3.8) is 0 Å². The molecule has 1 aliphatic carbocycles. The third-order valence-electron chi connectivity index (χ3n) is 6.09. The van der Waals surface area contributed by atoms with Crippen molar-refractivity contribution in [2.75, 3.05) is 37.6 Å². The van der Waals surface area contributed by atoms with E-state index in [1.54, 1.807) is 7.05 Å². The zero-order valence-corrected chi connectivity index (χ0v) is 17.5. The fraction of sp³-hybridized carbons (Fsp3) is 0.700. The summed E-state index contributed by atoms with van der Waals surface area (Å²) in [5.74, 6) is 1.08. The Morgan fingerprint density at radius 3 is 2.45 bits per heavy atom. The minimum absolute atomic E-state index is 0.0211. The quantitative estimate of drug-likeness (QED) is 0.746. The van der Waals surface area contributed by atoms with Crippen molar-refractivity contribution in [3.8, 4) is 6.07 Å². The number of piperazine rings is 1. The summed E-state index contributed by atoms with van der Waals surface area (Å²) in [6, 6.07) is 2.23. The monoisotopic (exact) mass is 402 g/mol. The molecule has 1 amide bonds. The zero-order valence-electron chi connectivity index (χ0n) is 17.5. The van der Waals surface area contributed by atoms with Crippen molar-refractivity contribution >= 4 is 11.7 Å². The molecule has 0 radical (unpaired) electrons. The van der Waals surface area contributed by atoms with Gasteiger partial charge in [0.2, 0.25) is 5.91 Å². The van der Waals surface area contributed by atoms with Gasteiger partial charge in [0, 0.05) is 46.3 Å². The highest BCUT2D eigenvalue weighted by atomic mass is 16.2. The number of rotatable bonds is 4. The van der Waals surface area contributed by atoms with Gasteiger partial charge in [-0.25, -0.2) is 4.79 Å². The predicted octanol–water partition coefficient (Wildman–Crippen LogP) is -0.227. The first-order chi connectivity index (χ1) is 13.8. The van der Waals surface area contributed by atoms with Crippen LogP contribution in [0, 0.1) is 17.2 Å². The molecule has 1 saturated carbocycles. The number of nitriles is 1. The third kappa shape index (κ3) is 4.53. The average molecular weight is 402 g/mol. The molecule has 9 nitrogen and oxygen atoms in total. The number of hydrogen-bond donors (Lipinski definition) is 1. The van der Waals surface area contributed by atoms with E-state index in [1.165, 1.54) is 24.5 Å². The van der Waals surface area contributed by atoms with Crippen molar-refractivity contribution < 1.29 is 4.79 Å². The number of aromatic nitrogens is 2. The maximum Gasteiger partial charge on any atom is 0.332 e. The normalized spacial score (nSPS) is 22.9. The fourth-order valence-electron chi connectivity index (χ4n) is 4.46. The third-order valence-corrected chi connectivity index (χ3v) is 6.09. The molecule has 1 aliphatic heterocycles. The number of amides is 1. The van der Waals surface area contributed by atoms with Crippen LogP contribution in [0.2, 0.25) is 0 Å². The van der Waals surface area contributed by atoms with Gasteiger partial charge in [0.05, 0.1) is 6.54 Å².